The van der Waals surface area contributed by atoms with Crippen molar-refractivity contribution in [1.29, 1.82) is 0 Å². The van der Waals surface area contributed by atoms with Crippen LogP contribution in [0.5, 0.6) is 0 Å². The van der Waals surface area contributed by atoms with Crippen LogP contribution in [-0.4, -0.2) is 5.91 Å². The van der Waals surface area contributed by atoms with Gasteiger partial charge in [-0.15, -0.1) is 0 Å². The Kier molecular flexibility index (Phi) is 5.12. The van der Waals surface area contributed by atoms with Gasteiger partial charge in [0, 0.05) is 24.9 Å². The van der Waals surface area contributed by atoms with E-state index < -0.39 is 0 Å². The van der Waals surface area contributed by atoms with Gasteiger partial charge in [-0.05, 0) is 30.2 Å². The van der Waals surface area contributed by atoms with Gasteiger partial charge < -0.3 is 9.73 Å². The van der Waals surface area contributed by atoms with E-state index in [4.69, 9.17) is 4.42 Å². The topological polar surface area (TPSA) is 42.2 Å². The first kappa shape index (κ1) is 16.1. The molecular weight excluding hydrogens is 298 g/mol. The molecule has 3 nitrogen and oxygen atoms in total. The molecule has 2 aromatic carbocycles. The largest absolute Gasteiger partial charge is 0.461 e. The number of rotatable bonds is 6. The molecule has 0 saturated carbocycles. The number of nitrogens with one attached hydrogen (secondary N) is 1. The molecule has 0 bridgehead atoms. The van der Waals surface area contributed by atoms with Crippen LogP contribution < -0.4 is 5.32 Å². The van der Waals surface area contributed by atoms with Crippen LogP contribution in [0, 0.1) is 6.92 Å². The number of carbonyl (C=O) groups is 1. The molecule has 0 aliphatic heterocycles. The number of amides is 1. The summed E-state index contributed by atoms with van der Waals surface area (Å²) in [6.45, 7) is 2.62. The summed E-state index contributed by atoms with van der Waals surface area (Å²) >= 11 is 0. The van der Waals surface area contributed by atoms with E-state index in [-0.39, 0.29) is 5.91 Å². The Morgan fingerprint density at radius 3 is 2.50 bits per heavy atom. The molecule has 1 amide bonds. The third kappa shape index (κ3) is 4.13. The highest BCUT2D eigenvalue weighted by atomic mass is 16.3. The Hall–Kier alpha value is -2.81. The third-order valence-electron chi connectivity index (χ3n) is 4.06. The van der Waals surface area contributed by atoms with Gasteiger partial charge in [0.1, 0.15) is 11.5 Å². The van der Waals surface area contributed by atoms with E-state index in [0.717, 1.165) is 22.6 Å². The molecule has 1 N–H and O–H groups in total. The summed E-state index contributed by atoms with van der Waals surface area (Å²) in [7, 11) is 0. The Labute approximate surface area is 142 Å². The fourth-order valence-electron chi connectivity index (χ4n) is 2.60. The van der Waals surface area contributed by atoms with Crippen LogP contribution in [0.4, 0.5) is 0 Å². The van der Waals surface area contributed by atoms with Crippen LogP contribution in [0.1, 0.15) is 23.3 Å². The number of hydrogen-bond donors (Lipinski definition) is 1. The molecule has 0 saturated heterocycles. The fourth-order valence-corrected chi connectivity index (χ4v) is 2.60. The lowest BCUT2D eigenvalue weighted by atomic mass is 10.1. The average molecular weight is 319 g/mol. The Balaban J connectivity index is 1.50. The minimum atomic E-state index is 0.0379. The first-order chi connectivity index (χ1) is 11.7. The predicted octanol–water partition coefficient (Wildman–Crippen LogP) is 4.50. The minimum Gasteiger partial charge on any atom is -0.461 e. The second-order valence-electron chi connectivity index (χ2n) is 5.84. The zero-order valence-electron chi connectivity index (χ0n) is 13.8. The van der Waals surface area contributed by atoms with Crippen molar-refractivity contribution >= 4 is 5.91 Å². The lowest BCUT2D eigenvalue weighted by Gasteiger charge is -2.07. The maximum absolute atomic E-state index is 12.0. The van der Waals surface area contributed by atoms with Gasteiger partial charge in [0.25, 0.3) is 0 Å². The van der Waals surface area contributed by atoms with Crippen molar-refractivity contribution in [1.82, 2.24) is 5.32 Å². The second-order valence-corrected chi connectivity index (χ2v) is 5.84. The molecule has 0 spiro atoms. The van der Waals surface area contributed by atoms with Crippen LogP contribution in [0.25, 0.3) is 11.3 Å². The van der Waals surface area contributed by atoms with Gasteiger partial charge in [0.05, 0.1) is 0 Å². The molecule has 24 heavy (non-hydrogen) atoms. The van der Waals surface area contributed by atoms with Crippen molar-refractivity contribution in [3.63, 3.8) is 0 Å². The lowest BCUT2D eigenvalue weighted by molar-refractivity contribution is -0.121. The normalized spacial score (nSPS) is 10.5. The van der Waals surface area contributed by atoms with Gasteiger partial charge >= 0.3 is 0 Å². The molecule has 3 heteroatoms. The average Bonchev–Trinajstić information content (AvgIpc) is 3.09. The molecule has 0 radical (unpaired) electrons. The molecule has 122 valence electrons. The molecule has 1 aromatic heterocycles. The van der Waals surface area contributed by atoms with Gasteiger partial charge in [-0.2, -0.15) is 0 Å². The fraction of sp³-hybridized carbons (Fsp3) is 0.190. The summed E-state index contributed by atoms with van der Waals surface area (Å²) in [5.74, 6) is 1.71. The van der Waals surface area contributed by atoms with E-state index in [9.17, 15) is 4.79 Å². The monoisotopic (exact) mass is 319 g/mol. The highest BCUT2D eigenvalue weighted by Gasteiger charge is 2.08. The Morgan fingerprint density at radius 1 is 0.958 bits per heavy atom. The maximum atomic E-state index is 12.0. The quantitative estimate of drug-likeness (QED) is 0.726. The number of aryl methyl sites for hydroxylation is 2. The summed E-state index contributed by atoms with van der Waals surface area (Å²) in [6.07, 6.45) is 1.03. The van der Waals surface area contributed by atoms with Crippen molar-refractivity contribution in [3.8, 4) is 11.3 Å². The van der Waals surface area contributed by atoms with Crippen molar-refractivity contribution in [2.75, 3.05) is 0 Å². The van der Waals surface area contributed by atoms with Crippen molar-refractivity contribution in [2.24, 2.45) is 0 Å². The summed E-state index contributed by atoms with van der Waals surface area (Å²) in [6, 6.07) is 21.9. The summed E-state index contributed by atoms with van der Waals surface area (Å²) in [5, 5.41) is 2.97. The van der Waals surface area contributed by atoms with Crippen LogP contribution >= 0.6 is 0 Å². The van der Waals surface area contributed by atoms with E-state index in [1.165, 1.54) is 5.56 Å². The van der Waals surface area contributed by atoms with E-state index >= 15 is 0 Å². The molecule has 0 unspecified atom stereocenters. The van der Waals surface area contributed by atoms with E-state index in [1.807, 2.05) is 60.7 Å². The number of hydrogen-bond acceptors (Lipinski definition) is 2. The highest BCUT2D eigenvalue weighted by molar-refractivity contribution is 5.76. The summed E-state index contributed by atoms with van der Waals surface area (Å²) in [4.78, 5) is 12.0. The van der Waals surface area contributed by atoms with Crippen molar-refractivity contribution in [3.05, 3.63) is 83.6 Å². The van der Waals surface area contributed by atoms with E-state index in [2.05, 4.69) is 18.3 Å². The first-order valence-electron chi connectivity index (χ1n) is 8.18. The van der Waals surface area contributed by atoms with Crippen molar-refractivity contribution < 1.29 is 9.21 Å². The molecule has 1 heterocycles. The Bertz CT molecular complexity index is 805. The van der Waals surface area contributed by atoms with Gasteiger partial charge in [-0.25, -0.2) is 0 Å². The maximum Gasteiger partial charge on any atom is 0.220 e. The lowest BCUT2D eigenvalue weighted by Crippen LogP contribution is -2.23. The molecule has 0 atom stereocenters. The minimum absolute atomic E-state index is 0.0379. The number of furan rings is 1. The smallest absolute Gasteiger partial charge is 0.220 e. The third-order valence-corrected chi connectivity index (χ3v) is 4.06. The van der Waals surface area contributed by atoms with Gasteiger partial charge in [-0.1, -0.05) is 54.6 Å². The van der Waals surface area contributed by atoms with E-state index in [0.29, 0.717) is 19.4 Å². The van der Waals surface area contributed by atoms with Crippen LogP contribution in [0.15, 0.2) is 71.1 Å². The number of benzene rings is 2. The van der Waals surface area contributed by atoms with Gasteiger partial charge in [0.2, 0.25) is 5.91 Å². The SMILES string of the molecule is Cc1ccccc1CNC(=O)CCc1ccc(-c2ccccc2)o1. The summed E-state index contributed by atoms with van der Waals surface area (Å²) in [5.41, 5.74) is 3.39. The molecule has 0 aliphatic carbocycles. The predicted molar refractivity (Wildman–Crippen MR) is 95.5 cm³/mol. The highest BCUT2D eigenvalue weighted by Crippen LogP contribution is 2.22. The zero-order chi connectivity index (χ0) is 16.8. The standard InChI is InChI=1S/C21H21NO2/c1-16-7-5-6-10-18(16)15-22-21(23)14-12-19-11-13-20(24-19)17-8-3-2-4-9-17/h2-11,13H,12,14-15H2,1H3,(H,22,23). The first-order valence-corrected chi connectivity index (χ1v) is 8.18. The van der Waals surface area contributed by atoms with E-state index in [1.54, 1.807) is 0 Å². The van der Waals surface area contributed by atoms with Gasteiger partial charge in [-0.3, -0.25) is 4.79 Å². The molecule has 3 aromatic rings. The zero-order valence-corrected chi connectivity index (χ0v) is 13.8. The summed E-state index contributed by atoms with van der Waals surface area (Å²) < 4.78 is 5.82. The van der Waals surface area contributed by atoms with Gasteiger partial charge in [0.15, 0.2) is 0 Å². The molecule has 0 aliphatic rings. The molecule has 3 rings (SSSR count). The van der Waals surface area contributed by atoms with Crippen LogP contribution in [0.2, 0.25) is 0 Å². The molecule has 0 fully saturated rings. The molecular formula is C21H21NO2. The van der Waals surface area contributed by atoms with Crippen molar-refractivity contribution in [2.45, 2.75) is 26.3 Å². The second kappa shape index (κ2) is 7.64. The Morgan fingerprint density at radius 2 is 1.71 bits per heavy atom. The van der Waals surface area contributed by atoms with Crippen LogP contribution in [-0.2, 0) is 17.8 Å². The number of carbonyl (C=O) groups excluding carboxylic acids is 1. The van der Waals surface area contributed by atoms with Crippen LogP contribution in [0.3, 0.4) is 0 Å².